The molecule has 0 aromatic carbocycles. The summed E-state index contributed by atoms with van der Waals surface area (Å²) >= 11 is 0. The van der Waals surface area contributed by atoms with Gasteiger partial charge >= 0.3 is 0 Å². The van der Waals surface area contributed by atoms with Crippen molar-refractivity contribution in [3.8, 4) is 0 Å². The maximum atomic E-state index is 12.4. The van der Waals surface area contributed by atoms with Crippen LogP contribution >= 0.6 is 0 Å². The third-order valence-corrected chi connectivity index (χ3v) is 5.90. The fourth-order valence-electron chi connectivity index (χ4n) is 4.51. The minimum Gasteiger partial charge on any atom is -0.381 e. The first kappa shape index (κ1) is 15.4. The van der Waals surface area contributed by atoms with Gasteiger partial charge in [-0.1, -0.05) is 0 Å². The molecule has 7 atom stereocenters. The van der Waals surface area contributed by atoms with E-state index in [0.717, 1.165) is 32.1 Å². The topological polar surface area (TPSA) is 50.9 Å². The van der Waals surface area contributed by atoms with E-state index in [2.05, 4.69) is 12.2 Å². The van der Waals surface area contributed by atoms with Gasteiger partial charge in [0.15, 0.2) is 0 Å². The molecule has 1 heterocycles. The molecule has 3 aliphatic rings. The molecule has 0 radical (unpaired) electrons. The van der Waals surface area contributed by atoms with E-state index in [9.17, 15) is 4.79 Å². The first-order valence-electron chi connectivity index (χ1n) is 8.52. The van der Waals surface area contributed by atoms with Crippen molar-refractivity contribution in [2.75, 3.05) is 14.2 Å². The molecule has 4 heteroatoms. The summed E-state index contributed by atoms with van der Waals surface area (Å²) in [5, 5.41) is 3.24. The fraction of sp³-hybridized carbons (Fsp3) is 0.941. The summed E-state index contributed by atoms with van der Waals surface area (Å²) in [6.07, 6.45) is 7.24. The number of Topliss-reactive ketones (excluding diaryl/α,β-unsaturated/α-hetero) is 1. The van der Waals surface area contributed by atoms with E-state index in [1.165, 1.54) is 6.42 Å². The number of hydrogen-bond donors (Lipinski definition) is 1. The maximum absolute atomic E-state index is 12.4. The average molecular weight is 295 g/mol. The van der Waals surface area contributed by atoms with Crippen molar-refractivity contribution < 1.29 is 14.3 Å². The maximum Gasteiger partial charge on any atom is 0.136 e. The predicted octanol–water partition coefficient (Wildman–Crippen LogP) is 2.16. The van der Waals surface area contributed by atoms with Gasteiger partial charge in [-0.3, -0.25) is 4.79 Å². The van der Waals surface area contributed by atoms with E-state index >= 15 is 0 Å². The standard InChI is InChI=1S/C17H29NO3/c1-10(18-2)7-12(20-3)5-4-6-15(19)13-8-11-9-14(13)17-16(11)21-17/h10-14,16-18H,4-9H2,1-3H3. The molecule has 3 rings (SSSR count). The molecule has 0 spiro atoms. The fourth-order valence-corrected chi connectivity index (χ4v) is 4.51. The molecule has 1 N–H and O–H groups in total. The normalized spacial score (nSPS) is 39.1. The first-order chi connectivity index (χ1) is 10.1. The minimum atomic E-state index is 0.261. The van der Waals surface area contributed by atoms with Crippen LogP contribution in [0, 0.1) is 17.8 Å². The van der Waals surface area contributed by atoms with Crippen LogP contribution in [-0.2, 0) is 14.3 Å². The van der Waals surface area contributed by atoms with E-state index in [-0.39, 0.29) is 6.10 Å². The van der Waals surface area contributed by atoms with Gasteiger partial charge in [-0.15, -0.1) is 0 Å². The van der Waals surface area contributed by atoms with Gasteiger partial charge < -0.3 is 14.8 Å². The summed E-state index contributed by atoms with van der Waals surface area (Å²) in [4.78, 5) is 12.4. The molecule has 1 aliphatic heterocycles. The van der Waals surface area contributed by atoms with Crippen molar-refractivity contribution in [1.29, 1.82) is 0 Å². The van der Waals surface area contributed by atoms with E-state index in [4.69, 9.17) is 9.47 Å². The minimum absolute atomic E-state index is 0.261. The second-order valence-corrected chi connectivity index (χ2v) is 7.21. The molecule has 0 amide bonds. The number of carbonyl (C=O) groups excluding carboxylic acids is 1. The van der Waals surface area contributed by atoms with E-state index in [1.807, 2.05) is 7.05 Å². The van der Waals surface area contributed by atoms with Gasteiger partial charge in [0.05, 0.1) is 18.3 Å². The summed E-state index contributed by atoms with van der Waals surface area (Å²) in [7, 11) is 3.75. The van der Waals surface area contributed by atoms with Crippen LogP contribution in [0.25, 0.3) is 0 Å². The van der Waals surface area contributed by atoms with Gasteiger partial charge in [0.25, 0.3) is 0 Å². The Balaban J connectivity index is 1.38. The van der Waals surface area contributed by atoms with E-state index < -0.39 is 0 Å². The second kappa shape index (κ2) is 6.35. The quantitative estimate of drug-likeness (QED) is 0.662. The van der Waals surface area contributed by atoms with Gasteiger partial charge in [0.2, 0.25) is 0 Å². The zero-order valence-corrected chi connectivity index (χ0v) is 13.5. The Kier molecular flexibility index (Phi) is 4.67. The number of nitrogens with one attached hydrogen (secondary N) is 1. The zero-order valence-electron chi connectivity index (χ0n) is 13.5. The number of hydrogen-bond acceptors (Lipinski definition) is 4. The third kappa shape index (κ3) is 3.17. The monoisotopic (exact) mass is 295 g/mol. The number of ether oxygens (including phenoxy) is 2. The zero-order chi connectivity index (χ0) is 15.0. The first-order valence-corrected chi connectivity index (χ1v) is 8.52. The number of epoxide rings is 1. The number of methoxy groups -OCH3 is 1. The van der Waals surface area contributed by atoms with Crippen LogP contribution in [-0.4, -0.2) is 44.3 Å². The Hall–Kier alpha value is -0.450. The van der Waals surface area contributed by atoms with Crippen LogP contribution in [0.15, 0.2) is 0 Å². The summed E-state index contributed by atoms with van der Waals surface area (Å²) in [6, 6.07) is 0.458. The van der Waals surface area contributed by atoms with Gasteiger partial charge in [0, 0.05) is 25.5 Å². The Morgan fingerprint density at radius 3 is 2.81 bits per heavy atom. The highest BCUT2D eigenvalue weighted by molar-refractivity contribution is 5.82. The number of rotatable bonds is 9. The Morgan fingerprint density at radius 2 is 2.19 bits per heavy atom. The molecule has 4 nitrogen and oxygen atoms in total. The molecule has 7 unspecified atom stereocenters. The molecule has 2 bridgehead atoms. The van der Waals surface area contributed by atoms with Gasteiger partial charge in [0.1, 0.15) is 5.78 Å². The van der Waals surface area contributed by atoms with Crippen LogP contribution in [0.5, 0.6) is 0 Å². The van der Waals surface area contributed by atoms with Crippen LogP contribution < -0.4 is 5.32 Å². The summed E-state index contributed by atoms with van der Waals surface area (Å²) < 4.78 is 11.2. The third-order valence-electron chi connectivity index (χ3n) is 5.90. The molecular formula is C17H29NO3. The summed E-state index contributed by atoms with van der Waals surface area (Å²) in [6.45, 7) is 2.17. The SMILES string of the molecule is CNC(C)CC(CCCC(=O)C1CC2CC1C1OC21)OC. The molecule has 0 aromatic rings. The highest BCUT2D eigenvalue weighted by Crippen LogP contribution is 2.59. The van der Waals surface area contributed by atoms with Crippen LogP contribution in [0.1, 0.15) is 45.4 Å². The van der Waals surface area contributed by atoms with Crippen LogP contribution in [0.3, 0.4) is 0 Å². The van der Waals surface area contributed by atoms with Crippen LogP contribution in [0.2, 0.25) is 0 Å². The lowest BCUT2D eigenvalue weighted by Gasteiger charge is -2.21. The lowest BCUT2D eigenvalue weighted by Crippen LogP contribution is -2.28. The Morgan fingerprint density at radius 1 is 1.38 bits per heavy atom. The van der Waals surface area contributed by atoms with Crippen LogP contribution in [0.4, 0.5) is 0 Å². The molecule has 0 aromatic heterocycles. The van der Waals surface area contributed by atoms with Crippen molar-refractivity contribution in [1.82, 2.24) is 5.32 Å². The van der Waals surface area contributed by atoms with Crippen molar-refractivity contribution in [3.63, 3.8) is 0 Å². The number of fused-ring (bicyclic) bond motifs is 5. The molecule has 3 fully saturated rings. The highest BCUT2D eigenvalue weighted by atomic mass is 16.6. The second-order valence-electron chi connectivity index (χ2n) is 7.21. The van der Waals surface area contributed by atoms with E-state index in [0.29, 0.717) is 41.8 Å². The lowest BCUT2D eigenvalue weighted by atomic mass is 9.84. The van der Waals surface area contributed by atoms with Gasteiger partial charge in [-0.05, 0) is 57.9 Å². The molecule has 2 aliphatic carbocycles. The van der Waals surface area contributed by atoms with Gasteiger partial charge in [-0.25, -0.2) is 0 Å². The largest absolute Gasteiger partial charge is 0.381 e. The summed E-state index contributed by atoms with van der Waals surface area (Å²) in [5.74, 6) is 2.02. The smallest absolute Gasteiger partial charge is 0.136 e. The Bertz CT molecular complexity index is 386. The number of ketones is 1. The highest BCUT2D eigenvalue weighted by Gasteiger charge is 2.64. The van der Waals surface area contributed by atoms with Crippen molar-refractivity contribution >= 4 is 5.78 Å². The van der Waals surface area contributed by atoms with Crippen molar-refractivity contribution in [2.24, 2.45) is 17.8 Å². The molecule has 1 saturated heterocycles. The van der Waals surface area contributed by atoms with Gasteiger partial charge in [-0.2, -0.15) is 0 Å². The van der Waals surface area contributed by atoms with Crippen molar-refractivity contribution in [3.05, 3.63) is 0 Å². The van der Waals surface area contributed by atoms with E-state index in [1.54, 1.807) is 7.11 Å². The molecule has 2 saturated carbocycles. The average Bonchev–Trinajstić information content (AvgIpc) is 3.10. The molecular weight excluding hydrogens is 266 g/mol. The number of carbonyl (C=O) groups is 1. The van der Waals surface area contributed by atoms with Crippen molar-refractivity contribution in [2.45, 2.75) is 69.8 Å². The lowest BCUT2D eigenvalue weighted by molar-refractivity contribution is -0.124. The Labute approximate surface area is 127 Å². The summed E-state index contributed by atoms with van der Waals surface area (Å²) in [5.41, 5.74) is 0. The molecule has 120 valence electrons. The predicted molar refractivity (Wildman–Crippen MR) is 81.2 cm³/mol. The molecule has 21 heavy (non-hydrogen) atoms.